The standard InChI is InChI=1S/C25H26Cl2N2O3/c1-25(2,3)18-5-4-6-19(13-18)28-15-22-20(26)14-21(27)23(30)29(22)12-11-16-7-9-17(10-8-16)24(31)32/h4-10,13-14,28H,11-12,15H2,1-3H3,(H,31,32). The Kier molecular flexibility index (Phi) is 7.32. The lowest BCUT2D eigenvalue weighted by molar-refractivity contribution is 0.0697. The average molecular weight is 473 g/mol. The number of hydrogen-bond donors (Lipinski definition) is 2. The van der Waals surface area contributed by atoms with Gasteiger partial charge in [-0.25, -0.2) is 4.79 Å². The van der Waals surface area contributed by atoms with Crippen LogP contribution in [-0.2, 0) is 24.9 Å². The van der Waals surface area contributed by atoms with E-state index < -0.39 is 5.97 Å². The molecule has 0 aliphatic carbocycles. The van der Waals surface area contributed by atoms with Gasteiger partial charge in [-0.2, -0.15) is 0 Å². The van der Waals surface area contributed by atoms with Gasteiger partial charge in [-0.1, -0.05) is 68.2 Å². The third kappa shape index (κ3) is 5.72. The minimum Gasteiger partial charge on any atom is -0.478 e. The first-order chi connectivity index (χ1) is 15.1. The lowest BCUT2D eigenvalue weighted by Crippen LogP contribution is -2.26. The number of halogens is 2. The number of benzene rings is 2. The molecule has 0 amide bonds. The molecule has 0 saturated heterocycles. The number of pyridine rings is 1. The van der Waals surface area contributed by atoms with Gasteiger partial charge in [-0.3, -0.25) is 4.79 Å². The molecule has 0 bridgehead atoms. The van der Waals surface area contributed by atoms with Crippen molar-refractivity contribution in [2.75, 3.05) is 5.32 Å². The zero-order valence-electron chi connectivity index (χ0n) is 18.3. The maximum atomic E-state index is 12.8. The molecule has 2 N–H and O–H groups in total. The number of aromatic carboxylic acids is 1. The lowest BCUT2D eigenvalue weighted by Gasteiger charge is -2.21. The van der Waals surface area contributed by atoms with Gasteiger partial charge in [-0.15, -0.1) is 0 Å². The van der Waals surface area contributed by atoms with Crippen molar-refractivity contribution in [2.45, 2.75) is 45.7 Å². The van der Waals surface area contributed by atoms with Crippen LogP contribution in [0.4, 0.5) is 5.69 Å². The Morgan fingerprint density at radius 2 is 1.72 bits per heavy atom. The first kappa shape index (κ1) is 23.9. The summed E-state index contributed by atoms with van der Waals surface area (Å²) in [5.41, 5.74) is 3.63. The van der Waals surface area contributed by atoms with Crippen molar-refractivity contribution in [1.29, 1.82) is 0 Å². The second kappa shape index (κ2) is 9.80. The highest BCUT2D eigenvalue weighted by atomic mass is 35.5. The Balaban J connectivity index is 1.83. The molecule has 3 aromatic rings. The highest BCUT2D eigenvalue weighted by Gasteiger charge is 2.15. The number of anilines is 1. The Hall–Kier alpha value is -2.76. The quantitative estimate of drug-likeness (QED) is 0.441. The number of aromatic nitrogens is 1. The van der Waals surface area contributed by atoms with Crippen molar-refractivity contribution in [2.24, 2.45) is 0 Å². The van der Waals surface area contributed by atoms with E-state index in [0.29, 0.717) is 30.2 Å². The van der Waals surface area contributed by atoms with Crippen LogP contribution in [0.1, 0.15) is 48.0 Å². The number of rotatable bonds is 7. The van der Waals surface area contributed by atoms with Gasteiger partial charge in [0, 0.05) is 12.2 Å². The lowest BCUT2D eigenvalue weighted by atomic mass is 9.87. The first-order valence-electron chi connectivity index (χ1n) is 10.3. The molecule has 0 atom stereocenters. The molecule has 32 heavy (non-hydrogen) atoms. The molecule has 1 heterocycles. The van der Waals surface area contributed by atoms with Gasteiger partial charge in [0.05, 0.1) is 22.8 Å². The molecule has 0 aliphatic rings. The molecule has 0 aliphatic heterocycles. The third-order valence-electron chi connectivity index (χ3n) is 5.32. The molecule has 1 aromatic heterocycles. The minimum absolute atomic E-state index is 0.0217. The van der Waals surface area contributed by atoms with Gasteiger partial charge >= 0.3 is 5.97 Å². The molecule has 168 valence electrons. The maximum absolute atomic E-state index is 12.8. The van der Waals surface area contributed by atoms with Crippen LogP contribution < -0.4 is 10.9 Å². The molecule has 0 unspecified atom stereocenters. The Labute approximate surface area is 197 Å². The van der Waals surface area contributed by atoms with Crippen molar-refractivity contribution < 1.29 is 9.90 Å². The largest absolute Gasteiger partial charge is 0.478 e. The second-order valence-corrected chi connectivity index (χ2v) is 9.49. The minimum atomic E-state index is -0.974. The van der Waals surface area contributed by atoms with Crippen LogP contribution in [0, 0.1) is 0 Å². The predicted octanol–water partition coefficient (Wildman–Crippen LogP) is 6.01. The number of nitrogens with zero attached hydrogens (tertiary/aromatic N) is 1. The number of aryl methyl sites for hydroxylation is 1. The summed E-state index contributed by atoms with van der Waals surface area (Å²) in [6.45, 7) is 7.19. The SMILES string of the molecule is CC(C)(C)c1cccc(NCc2c(Cl)cc(Cl)c(=O)n2CCc2ccc(C(=O)O)cc2)c1. The highest BCUT2D eigenvalue weighted by Crippen LogP contribution is 2.26. The van der Waals surface area contributed by atoms with Crippen LogP contribution in [0.25, 0.3) is 0 Å². The summed E-state index contributed by atoms with van der Waals surface area (Å²) in [6.07, 6.45) is 0.531. The number of nitrogens with one attached hydrogen (secondary N) is 1. The van der Waals surface area contributed by atoms with Gasteiger partial charge in [-0.05, 0) is 53.3 Å². The molecule has 7 heteroatoms. The molecule has 0 fully saturated rings. The van der Waals surface area contributed by atoms with E-state index in [-0.39, 0.29) is 21.6 Å². The summed E-state index contributed by atoms with van der Waals surface area (Å²) >= 11 is 12.6. The van der Waals surface area contributed by atoms with Crippen LogP contribution in [0.2, 0.25) is 10.0 Å². The van der Waals surface area contributed by atoms with Crippen molar-refractivity contribution in [3.05, 3.63) is 97.4 Å². The van der Waals surface area contributed by atoms with E-state index in [2.05, 4.69) is 38.2 Å². The molecule has 0 spiro atoms. The fraction of sp³-hybridized carbons (Fsp3) is 0.280. The van der Waals surface area contributed by atoms with Gasteiger partial charge < -0.3 is 15.0 Å². The second-order valence-electron chi connectivity index (χ2n) is 8.68. The fourth-order valence-corrected chi connectivity index (χ4v) is 3.93. The molecule has 0 saturated carbocycles. The summed E-state index contributed by atoms with van der Waals surface area (Å²) in [7, 11) is 0. The zero-order valence-corrected chi connectivity index (χ0v) is 19.8. The maximum Gasteiger partial charge on any atom is 0.335 e. The predicted molar refractivity (Wildman–Crippen MR) is 130 cm³/mol. The smallest absolute Gasteiger partial charge is 0.335 e. The summed E-state index contributed by atoms with van der Waals surface area (Å²) in [5.74, 6) is -0.974. The Morgan fingerprint density at radius 1 is 1.03 bits per heavy atom. The van der Waals surface area contributed by atoms with E-state index in [0.717, 1.165) is 11.3 Å². The highest BCUT2D eigenvalue weighted by molar-refractivity contribution is 6.34. The number of hydrogen-bond acceptors (Lipinski definition) is 3. The van der Waals surface area contributed by atoms with Crippen LogP contribution in [-0.4, -0.2) is 15.6 Å². The van der Waals surface area contributed by atoms with E-state index in [1.54, 1.807) is 28.8 Å². The van der Waals surface area contributed by atoms with Crippen molar-refractivity contribution in [1.82, 2.24) is 4.57 Å². The van der Waals surface area contributed by atoms with Crippen LogP contribution >= 0.6 is 23.2 Å². The summed E-state index contributed by atoms with van der Waals surface area (Å²) in [6, 6.07) is 16.2. The van der Waals surface area contributed by atoms with E-state index in [9.17, 15) is 9.59 Å². The Bertz CT molecular complexity index is 1180. The van der Waals surface area contributed by atoms with Crippen LogP contribution in [0.15, 0.2) is 59.4 Å². The van der Waals surface area contributed by atoms with Gasteiger partial charge in [0.2, 0.25) is 0 Å². The van der Waals surface area contributed by atoms with Crippen LogP contribution in [0.5, 0.6) is 0 Å². The number of carbonyl (C=O) groups is 1. The normalized spacial score (nSPS) is 11.4. The molecule has 0 radical (unpaired) electrons. The van der Waals surface area contributed by atoms with Gasteiger partial charge in [0.1, 0.15) is 5.02 Å². The topological polar surface area (TPSA) is 71.3 Å². The Morgan fingerprint density at radius 3 is 2.34 bits per heavy atom. The van der Waals surface area contributed by atoms with Gasteiger partial charge in [0.15, 0.2) is 0 Å². The molecular weight excluding hydrogens is 447 g/mol. The monoisotopic (exact) mass is 472 g/mol. The number of carboxylic acids is 1. The van der Waals surface area contributed by atoms with Crippen molar-refractivity contribution in [3.63, 3.8) is 0 Å². The van der Waals surface area contributed by atoms with E-state index in [1.165, 1.54) is 11.6 Å². The molecule has 3 rings (SSSR count). The van der Waals surface area contributed by atoms with Crippen molar-refractivity contribution >= 4 is 34.9 Å². The van der Waals surface area contributed by atoms with Crippen LogP contribution in [0.3, 0.4) is 0 Å². The number of carboxylic acid groups (broad SMARTS) is 1. The first-order valence-corrected chi connectivity index (χ1v) is 11.1. The average Bonchev–Trinajstić information content (AvgIpc) is 2.74. The summed E-state index contributed by atoms with van der Waals surface area (Å²) < 4.78 is 1.58. The summed E-state index contributed by atoms with van der Waals surface area (Å²) in [5, 5.41) is 12.9. The fourth-order valence-electron chi connectivity index (χ4n) is 3.39. The summed E-state index contributed by atoms with van der Waals surface area (Å²) in [4.78, 5) is 23.8. The van der Waals surface area contributed by atoms with E-state index in [4.69, 9.17) is 28.3 Å². The third-order valence-corrected chi connectivity index (χ3v) is 5.92. The molecular formula is C25H26Cl2N2O3. The van der Waals surface area contributed by atoms with Gasteiger partial charge in [0.25, 0.3) is 5.56 Å². The van der Waals surface area contributed by atoms with Crippen molar-refractivity contribution in [3.8, 4) is 0 Å². The van der Waals surface area contributed by atoms with E-state index >= 15 is 0 Å². The molecule has 2 aromatic carbocycles. The zero-order chi connectivity index (χ0) is 23.5. The van der Waals surface area contributed by atoms with E-state index in [1.807, 2.05) is 12.1 Å². The molecule has 5 nitrogen and oxygen atoms in total.